The van der Waals surface area contributed by atoms with Crippen LogP contribution in [-0.4, -0.2) is 0 Å². The molecule has 0 spiro atoms. The highest BCUT2D eigenvalue weighted by Crippen LogP contribution is 2.47. The third-order valence-corrected chi connectivity index (χ3v) is 10.1. The number of benzene rings is 9. The van der Waals surface area contributed by atoms with E-state index < -0.39 is 0 Å². The molecule has 0 fully saturated rings. The summed E-state index contributed by atoms with van der Waals surface area (Å²) in [7, 11) is 0. The Kier molecular flexibility index (Phi) is 6.25. The highest BCUT2D eigenvalue weighted by molar-refractivity contribution is 6.24. The first-order chi connectivity index (χ1) is 24.3. The van der Waals surface area contributed by atoms with Crippen molar-refractivity contribution in [3.8, 4) is 44.5 Å². The van der Waals surface area contributed by atoms with Crippen molar-refractivity contribution < 1.29 is 4.42 Å². The molecule has 0 atom stereocenters. The Morgan fingerprint density at radius 3 is 1.49 bits per heavy atom. The molecule has 228 valence electrons. The van der Waals surface area contributed by atoms with Crippen LogP contribution in [0.15, 0.2) is 186 Å². The predicted octanol–water partition coefficient (Wildman–Crippen LogP) is 13.7. The average molecular weight is 623 g/mol. The second-order valence-electron chi connectivity index (χ2n) is 12.8. The summed E-state index contributed by atoms with van der Waals surface area (Å²) < 4.78 is 6.38. The average Bonchev–Trinajstić information content (AvgIpc) is 3.55. The molecule has 0 saturated carbocycles. The maximum absolute atomic E-state index is 6.38. The van der Waals surface area contributed by atoms with Crippen LogP contribution < -0.4 is 0 Å². The third-order valence-electron chi connectivity index (χ3n) is 10.1. The largest absolute Gasteiger partial charge is 0.456 e. The lowest BCUT2D eigenvalue weighted by atomic mass is 9.83. The van der Waals surface area contributed by atoms with Gasteiger partial charge in [0.25, 0.3) is 0 Å². The van der Waals surface area contributed by atoms with Gasteiger partial charge in [-0.25, -0.2) is 0 Å². The van der Waals surface area contributed by atoms with Crippen LogP contribution >= 0.6 is 0 Å². The molecule has 0 unspecified atom stereocenters. The van der Waals surface area contributed by atoms with Gasteiger partial charge in [-0.3, -0.25) is 0 Å². The quantitative estimate of drug-likeness (QED) is 0.178. The van der Waals surface area contributed by atoms with E-state index in [1.807, 2.05) is 12.1 Å². The fourth-order valence-electron chi connectivity index (χ4n) is 7.87. The van der Waals surface area contributed by atoms with Gasteiger partial charge in [-0.15, -0.1) is 0 Å². The number of furan rings is 1. The van der Waals surface area contributed by atoms with Crippen molar-refractivity contribution >= 4 is 54.3 Å². The van der Waals surface area contributed by atoms with Gasteiger partial charge in [0.05, 0.1) is 0 Å². The normalized spacial score (nSPS) is 11.7. The van der Waals surface area contributed by atoms with E-state index in [-0.39, 0.29) is 0 Å². The maximum atomic E-state index is 6.38. The number of rotatable bonds is 4. The molecule has 0 aliphatic rings. The van der Waals surface area contributed by atoms with Gasteiger partial charge in [0.2, 0.25) is 0 Å². The summed E-state index contributed by atoms with van der Waals surface area (Å²) in [6, 6.07) is 65.8. The molecule has 1 aromatic heterocycles. The van der Waals surface area contributed by atoms with E-state index in [4.69, 9.17) is 4.42 Å². The van der Waals surface area contributed by atoms with Crippen LogP contribution in [0.3, 0.4) is 0 Å². The number of fused-ring (bicyclic) bond motifs is 6. The van der Waals surface area contributed by atoms with E-state index in [9.17, 15) is 0 Å². The van der Waals surface area contributed by atoms with Crippen LogP contribution in [0.25, 0.3) is 98.8 Å². The molecule has 10 aromatic rings. The van der Waals surface area contributed by atoms with E-state index in [1.54, 1.807) is 0 Å². The Hall–Kier alpha value is -6.44. The molecule has 0 aliphatic carbocycles. The third kappa shape index (κ3) is 4.40. The first-order valence-corrected chi connectivity index (χ1v) is 16.8. The van der Waals surface area contributed by atoms with Crippen LogP contribution in [0.5, 0.6) is 0 Å². The molecule has 0 aliphatic heterocycles. The van der Waals surface area contributed by atoms with Gasteiger partial charge in [-0.05, 0) is 107 Å². The van der Waals surface area contributed by atoms with Crippen molar-refractivity contribution in [3.05, 3.63) is 182 Å². The Morgan fingerprint density at radius 1 is 0.245 bits per heavy atom. The molecular formula is C48H30O. The zero-order valence-electron chi connectivity index (χ0n) is 26.7. The van der Waals surface area contributed by atoms with Crippen molar-refractivity contribution in [1.29, 1.82) is 0 Å². The number of hydrogen-bond donors (Lipinski definition) is 0. The summed E-state index contributed by atoms with van der Waals surface area (Å²) in [5, 5.41) is 9.71. The lowest BCUT2D eigenvalue weighted by molar-refractivity contribution is 0.669. The maximum Gasteiger partial charge on any atom is 0.136 e. The number of para-hydroxylation sites is 1. The van der Waals surface area contributed by atoms with Crippen molar-refractivity contribution in [3.63, 3.8) is 0 Å². The van der Waals surface area contributed by atoms with Crippen molar-refractivity contribution in [2.75, 3.05) is 0 Å². The summed E-state index contributed by atoms with van der Waals surface area (Å²) in [5.74, 6) is 0. The van der Waals surface area contributed by atoms with Gasteiger partial charge < -0.3 is 4.42 Å². The molecule has 1 nitrogen and oxygen atoms in total. The van der Waals surface area contributed by atoms with E-state index in [2.05, 4.69) is 170 Å². The second-order valence-corrected chi connectivity index (χ2v) is 12.8. The lowest BCUT2D eigenvalue weighted by Crippen LogP contribution is -1.93. The minimum absolute atomic E-state index is 0.909. The van der Waals surface area contributed by atoms with Crippen LogP contribution in [0, 0.1) is 0 Å². The van der Waals surface area contributed by atoms with Gasteiger partial charge in [0.1, 0.15) is 11.2 Å². The molecule has 0 saturated heterocycles. The van der Waals surface area contributed by atoms with Crippen LogP contribution in [0.1, 0.15) is 0 Å². The van der Waals surface area contributed by atoms with Crippen molar-refractivity contribution in [1.82, 2.24) is 0 Å². The fourth-order valence-corrected chi connectivity index (χ4v) is 7.87. The van der Waals surface area contributed by atoms with Crippen LogP contribution in [-0.2, 0) is 0 Å². The Labute approximate surface area is 284 Å². The summed E-state index contributed by atoms with van der Waals surface area (Å²) in [5.41, 5.74) is 11.6. The Morgan fingerprint density at radius 2 is 0.796 bits per heavy atom. The molecule has 0 radical (unpaired) electrons. The molecule has 0 N–H and O–H groups in total. The molecule has 1 heterocycles. The predicted molar refractivity (Wildman–Crippen MR) is 208 cm³/mol. The fraction of sp³-hybridized carbons (Fsp3) is 0. The lowest BCUT2D eigenvalue weighted by Gasteiger charge is -2.20. The van der Waals surface area contributed by atoms with Gasteiger partial charge in [-0.2, -0.15) is 0 Å². The molecule has 0 amide bonds. The molecular weight excluding hydrogens is 593 g/mol. The number of hydrogen-bond acceptors (Lipinski definition) is 1. The first kappa shape index (κ1) is 27.7. The van der Waals surface area contributed by atoms with E-state index in [1.165, 1.54) is 71.3 Å². The van der Waals surface area contributed by atoms with E-state index in [0.717, 1.165) is 27.5 Å². The molecule has 0 bridgehead atoms. The highest BCUT2D eigenvalue weighted by Gasteiger charge is 2.20. The molecule has 49 heavy (non-hydrogen) atoms. The molecule has 10 rings (SSSR count). The smallest absolute Gasteiger partial charge is 0.136 e. The summed E-state index contributed by atoms with van der Waals surface area (Å²) in [6.07, 6.45) is 0. The van der Waals surface area contributed by atoms with Crippen LogP contribution in [0.2, 0.25) is 0 Å². The van der Waals surface area contributed by atoms with E-state index >= 15 is 0 Å². The monoisotopic (exact) mass is 622 g/mol. The summed E-state index contributed by atoms with van der Waals surface area (Å²) in [6.45, 7) is 0. The molecule has 1 heteroatoms. The zero-order valence-corrected chi connectivity index (χ0v) is 26.7. The zero-order chi connectivity index (χ0) is 32.3. The van der Waals surface area contributed by atoms with Gasteiger partial charge in [-0.1, -0.05) is 152 Å². The minimum atomic E-state index is 0.909. The first-order valence-electron chi connectivity index (χ1n) is 16.8. The Bertz CT molecular complexity index is 2800. The highest BCUT2D eigenvalue weighted by atomic mass is 16.3. The Balaban J connectivity index is 1.30. The summed E-state index contributed by atoms with van der Waals surface area (Å²) >= 11 is 0. The molecule has 9 aromatic carbocycles. The standard InChI is InChI=1S/C48H30O/c1-3-14-31(15-4-1)34-28-43(32-16-5-2-6-17-32)35-23-13-24-42(44(35)29-34)48-40-21-9-7-19-38(40)47(39-20-8-10-22-41(39)48)33-26-27-37-36-18-11-12-25-45(36)49-46(37)30-33/h1-30H. The van der Waals surface area contributed by atoms with Gasteiger partial charge in [0, 0.05) is 10.8 Å². The van der Waals surface area contributed by atoms with Crippen molar-refractivity contribution in [2.45, 2.75) is 0 Å². The SMILES string of the molecule is c1ccc(-c2cc(-c3ccccc3)c3cccc(-c4c5ccccc5c(-c5ccc6c(c5)oc5ccccc56)c5ccccc45)c3c2)cc1. The van der Waals surface area contributed by atoms with Crippen molar-refractivity contribution in [2.24, 2.45) is 0 Å². The van der Waals surface area contributed by atoms with Gasteiger partial charge in [0.15, 0.2) is 0 Å². The minimum Gasteiger partial charge on any atom is -0.456 e. The van der Waals surface area contributed by atoms with Gasteiger partial charge >= 0.3 is 0 Å². The topological polar surface area (TPSA) is 13.1 Å². The summed E-state index contributed by atoms with van der Waals surface area (Å²) in [4.78, 5) is 0. The second kappa shape index (κ2) is 11.1. The van der Waals surface area contributed by atoms with E-state index in [0.29, 0.717) is 0 Å². The van der Waals surface area contributed by atoms with Crippen LogP contribution in [0.4, 0.5) is 0 Å².